The van der Waals surface area contributed by atoms with Crippen molar-refractivity contribution in [3.63, 3.8) is 0 Å². The summed E-state index contributed by atoms with van der Waals surface area (Å²) < 4.78 is 0. The smallest absolute Gasteiger partial charge is 0.0554 e. The first kappa shape index (κ1) is 11.7. The van der Waals surface area contributed by atoms with Crippen LogP contribution in [-0.4, -0.2) is 48.7 Å². The van der Waals surface area contributed by atoms with E-state index in [-0.39, 0.29) is 0 Å². The van der Waals surface area contributed by atoms with Crippen LogP contribution in [0.4, 0.5) is 5.69 Å². The highest BCUT2D eigenvalue weighted by Gasteiger charge is 2.33. The first-order valence-corrected chi connectivity index (χ1v) is 7.76. The lowest BCUT2D eigenvalue weighted by atomic mass is 10.0. The molecule has 3 nitrogen and oxygen atoms in total. The van der Waals surface area contributed by atoms with E-state index in [1.54, 1.807) is 0 Å². The first-order chi connectivity index (χ1) is 9.42. The van der Waals surface area contributed by atoms with Crippen LogP contribution in [0, 0.1) is 0 Å². The fourth-order valence-electron chi connectivity index (χ4n) is 3.97. The van der Waals surface area contributed by atoms with E-state index in [1.165, 1.54) is 69.7 Å². The summed E-state index contributed by atoms with van der Waals surface area (Å²) in [5.74, 6) is 0. The Morgan fingerprint density at radius 3 is 2.89 bits per heavy atom. The van der Waals surface area contributed by atoms with Crippen LogP contribution >= 0.6 is 0 Å². The maximum absolute atomic E-state index is 2.71. The Bertz CT molecular complexity index is 459. The van der Waals surface area contributed by atoms with Gasteiger partial charge in [0.15, 0.2) is 0 Å². The molecule has 3 heteroatoms. The van der Waals surface area contributed by atoms with E-state index in [9.17, 15) is 0 Å². The van der Waals surface area contributed by atoms with Crippen molar-refractivity contribution in [2.45, 2.75) is 31.7 Å². The number of benzene rings is 1. The number of piperidine rings is 1. The number of para-hydroxylation sites is 1. The van der Waals surface area contributed by atoms with Crippen LogP contribution in [0.2, 0.25) is 0 Å². The maximum Gasteiger partial charge on any atom is 0.0554 e. The van der Waals surface area contributed by atoms with Gasteiger partial charge in [0.2, 0.25) is 0 Å². The Morgan fingerprint density at radius 1 is 0.947 bits per heavy atom. The molecule has 3 heterocycles. The number of rotatable bonds is 1. The summed E-state index contributed by atoms with van der Waals surface area (Å²) in [5.41, 5.74) is 2.97. The van der Waals surface area contributed by atoms with Crippen LogP contribution in [-0.2, 0) is 6.42 Å². The molecule has 3 aliphatic heterocycles. The molecule has 102 valence electrons. The molecule has 0 aliphatic carbocycles. The normalized spacial score (nSPS) is 28.2. The largest absolute Gasteiger partial charge is 0.305 e. The third kappa shape index (κ3) is 2.05. The molecule has 3 aliphatic rings. The second-order valence-electron chi connectivity index (χ2n) is 6.10. The highest BCUT2D eigenvalue weighted by atomic mass is 15.6. The van der Waals surface area contributed by atoms with E-state index in [0.29, 0.717) is 0 Å². The van der Waals surface area contributed by atoms with E-state index in [0.717, 1.165) is 6.04 Å². The predicted octanol–water partition coefficient (Wildman–Crippen LogP) is 2.13. The summed E-state index contributed by atoms with van der Waals surface area (Å²) >= 11 is 0. The Kier molecular flexibility index (Phi) is 2.97. The quantitative estimate of drug-likeness (QED) is 0.763. The van der Waals surface area contributed by atoms with Gasteiger partial charge in [0.1, 0.15) is 0 Å². The highest BCUT2D eigenvalue weighted by Crippen LogP contribution is 2.31. The molecule has 0 saturated carbocycles. The van der Waals surface area contributed by atoms with Gasteiger partial charge in [-0.25, -0.2) is 5.01 Å². The first-order valence-electron chi connectivity index (χ1n) is 7.76. The van der Waals surface area contributed by atoms with Crippen molar-refractivity contribution in [2.24, 2.45) is 0 Å². The second-order valence-corrected chi connectivity index (χ2v) is 6.10. The van der Waals surface area contributed by atoms with Gasteiger partial charge >= 0.3 is 0 Å². The minimum absolute atomic E-state index is 0.801. The van der Waals surface area contributed by atoms with Crippen molar-refractivity contribution < 1.29 is 0 Å². The van der Waals surface area contributed by atoms with E-state index in [1.807, 2.05) is 0 Å². The van der Waals surface area contributed by atoms with Gasteiger partial charge in [0.05, 0.1) is 5.69 Å². The zero-order chi connectivity index (χ0) is 12.7. The minimum atomic E-state index is 0.801. The molecule has 2 fully saturated rings. The van der Waals surface area contributed by atoms with Gasteiger partial charge in [0.25, 0.3) is 0 Å². The lowest BCUT2D eigenvalue weighted by Crippen LogP contribution is -2.59. The zero-order valence-corrected chi connectivity index (χ0v) is 11.6. The Hall–Kier alpha value is -1.06. The van der Waals surface area contributed by atoms with Gasteiger partial charge in [-0.1, -0.05) is 24.6 Å². The lowest BCUT2D eigenvalue weighted by molar-refractivity contribution is 0.0442. The van der Waals surface area contributed by atoms with Crippen molar-refractivity contribution in [3.05, 3.63) is 29.8 Å². The van der Waals surface area contributed by atoms with Crippen molar-refractivity contribution in [1.82, 2.24) is 9.91 Å². The Morgan fingerprint density at radius 2 is 1.89 bits per heavy atom. The third-order valence-electron chi connectivity index (χ3n) is 5.02. The average Bonchev–Trinajstić information content (AvgIpc) is 2.91. The molecular weight excluding hydrogens is 234 g/mol. The topological polar surface area (TPSA) is 9.72 Å². The highest BCUT2D eigenvalue weighted by molar-refractivity contribution is 5.56. The number of piperazine rings is 1. The Labute approximate surface area is 115 Å². The number of nitrogens with zero attached hydrogens (tertiary/aromatic N) is 3. The van der Waals surface area contributed by atoms with Crippen molar-refractivity contribution in [1.29, 1.82) is 0 Å². The van der Waals surface area contributed by atoms with Crippen LogP contribution in [0.5, 0.6) is 0 Å². The molecule has 1 aromatic rings. The van der Waals surface area contributed by atoms with Gasteiger partial charge in [-0.3, -0.25) is 4.90 Å². The van der Waals surface area contributed by atoms with E-state index < -0.39 is 0 Å². The molecular formula is C16H23N3. The zero-order valence-electron chi connectivity index (χ0n) is 11.6. The van der Waals surface area contributed by atoms with Gasteiger partial charge < -0.3 is 5.01 Å². The van der Waals surface area contributed by atoms with Crippen LogP contribution in [0.15, 0.2) is 24.3 Å². The predicted molar refractivity (Wildman–Crippen MR) is 78.3 cm³/mol. The maximum atomic E-state index is 2.71. The van der Waals surface area contributed by atoms with Gasteiger partial charge in [-0.2, -0.15) is 0 Å². The van der Waals surface area contributed by atoms with E-state index >= 15 is 0 Å². The molecule has 0 radical (unpaired) electrons. The molecule has 1 atom stereocenters. The molecule has 0 N–H and O–H groups in total. The van der Waals surface area contributed by atoms with Crippen LogP contribution in [0.3, 0.4) is 0 Å². The fraction of sp³-hybridized carbons (Fsp3) is 0.625. The van der Waals surface area contributed by atoms with E-state index in [4.69, 9.17) is 0 Å². The summed E-state index contributed by atoms with van der Waals surface area (Å²) in [6, 6.07) is 9.72. The number of fused-ring (bicyclic) bond motifs is 2. The standard InChI is InChI=1S/C16H23N3/c1-2-7-16-14(5-1)8-10-19(16)18-12-11-17-9-4-3-6-15(17)13-18/h1-2,5,7,15H,3-4,6,8-13H2. The lowest BCUT2D eigenvalue weighted by Gasteiger charge is -2.47. The monoisotopic (exact) mass is 257 g/mol. The molecule has 0 aromatic heterocycles. The number of anilines is 1. The third-order valence-corrected chi connectivity index (χ3v) is 5.02. The number of hydrogen-bond acceptors (Lipinski definition) is 3. The minimum Gasteiger partial charge on any atom is -0.305 e. The molecule has 0 amide bonds. The van der Waals surface area contributed by atoms with Crippen molar-refractivity contribution in [3.8, 4) is 0 Å². The van der Waals surface area contributed by atoms with Crippen LogP contribution in [0.25, 0.3) is 0 Å². The SMILES string of the molecule is c1ccc2c(c1)CCN2N1CCN2CCCCC2C1. The molecule has 1 unspecified atom stereocenters. The molecule has 0 spiro atoms. The van der Waals surface area contributed by atoms with Gasteiger partial charge in [-0.05, 0) is 37.4 Å². The van der Waals surface area contributed by atoms with Crippen LogP contribution in [0.1, 0.15) is 24.8 Å². The fourth-order valence-corrected chi connectivity index (χ4v) is 3.97. The van der Waals surface area contributed by atoms with Crippen LogP contribution < -0.4 is 5.01 Å². The summed E-state index contributed by atoms with van der Waals surface area (Å²) in [6.07, 6.45) is 5.43. The Balaban J connectivity index is 1.52. The number of hydrogen-bond donors (Lipinski definition) is 0. The van der Waals surface area contributed by atoms with E-state index in [2.05, 4.69) is 39.2 Å². The van der Waals surface area contributed by atoms with Gasteiger partial charge in [0, 0.05) is 32.2 Å². The van der Waals surface area contributed by atoms with Crippen molar-refractivity contribution in [2.75, 3.05) is 37.7 Å². The summed E-state index contributed by atoms with van der Waals surface area (Å²) in [7, 11) is 0. The average molecular weight is 257 g/mol. The molecule has 19 heavy (non-hydrogen) atoms. The van der Waals surface area contributed by atoms with Crippen molar-refractivity contribution >= 4 is 5.69 Å². The molecule has 1 aromatic carbocycles. The molecule has 0 bridgehead atoms. The summed E-state index contributed by atoms with van der Waals surface area (Å²) in [4.78, 5) is 2.71. The molecule has 2 saturated heterocycles. The number of hydrazine groups is 1. The molecule has 4 rings (SSSR count). The van der Waals surface area contributed by atoms with Gasteiger partial charge in [-0.15, -0.1) is 0 Å². The summed E-state index contributed by atoms with van der Waals surface area (Å²) in [6.45, 7) is 6.18. The summed E-state index contributed by atoms with van der Waals surface area (Å²) in [5, 5.41) is 5.15. The second kappa shape index (κ2) is 4.80.